The van der Waals surface area contributed by atoms with Crippen LogP contribution in [0.25, 0.3) is 38.5 Å². The van der Waals surface area contributed by atoms with Crippen LogP contribution in [0, 0.1) is 11.3 Å². The Labute approximate surface area is 282 Å². The number of nitriles is 1. The molecule has 1 atom stereocenters. The van der Waals surface area contributed by atoms with Crippen molar-refractivity contribution in [3.05, 3.63) is 136 Å². The maximum Gasteiger partial charge on any atom is 0.248 e. The average Bonchev–Trinajstić information content (AvgIpc) is 3.67. The molecular formula is C36H20Cl2N8O2. The number of ether oxygens (including phenoxy) is 1. The van der Waals surface area contributed by atoms with Gasteiger partial charge in [-0.15, -0.1) is 5.10 Å². The topological polar surface area (TPSA) is 136 Å². The molecule has 2 aromatic heterocycles. The first kappa shape index (κ1) is 28.2. The molecule has 7 aromatic rings. The minimum atomic E-state index is -1.70. The number of halogens is 2. The fourth-order valence-electron chi connectivity index (χ4n) is 7.01. The Bertz CT molecular complexity index is 2630. The fraction of sp³-hybridized carbons (Fsp3) is 0.0556. The number of rotatable bonds is 3. The quantitative estimate of drug-likeness (QED) is 0.162. The van der Waals surface area contributed by atoms with Gasteiger partial charge in [-0.2, -0.15) is 5.26 Å². The van der Waals surface area contributed by atoms with Crippen LogP contribution in [0.3, 0.4) is 0 Å². The van der Waals surface area contributed by atoms with Gasteiger partial charge in [-0.05, 0) is 36.4 Å². The van der Waals surface area contributed by atoms with E-state index in [2.05, 4.69) is 16.4 Å². The van der Waals surface area contributed by atoms with Crippen LogP contribution in [-0.4, -0.2) is 30.9 Å². The van der Waals surface area contributed by atoms with Gasteiger partial charge in [0.25, 0.3) is 0 Å². The molecule has 12 heteroatoms. The van der Waals surface area contributed by atoms with Crippen molar-refractivity contribution < 1.29 is 9.53 Å². The summed E-state index contributed by atoms with van der Waals surface area (Å²) in [5.74, 6) is -0.205. The minimum Gasteiger partial charge on any atom is -0.439 e. The smallest absolute Gasteiger partial charge is 0.248 e. The highest BCUT2D eigenvalue weighted by Gasteiger charge is 2.60. The monoisotopic (exact) mass is 666 g/mol. The van der Waals surface area contributed by atoms with Crippen LogP contribution in [0.1, 0.15) is 16.8 Å². The van der Waals surface area contributed by atoms with E-state index in [4.69, 9.17) is 43.6 Å². The summed E-state index contributed by atoms with van der Waals surface area (Å²) in [6, 6.07) is 29.9. The van der Waals surface area contributed by atoms with Gasteiger partial charge in [0.15, 0.2) is 0 Å². The average molecular weight is 668 g/mol. The minimum absolute atomic E-state index is 0.0300. The van der Waals surface area contributed by atoms with Crippen LogP contribution < -0.4 is 15.4 Å². The highest BCUT2D eigenvalue weighted by Crippen LogP contribution is 2.58. The SMILES string of the molecule is N#CC1=C(N)Oc2c(c3nc4ccccc4nc3c3ccccc23)C12C(=O)N(Cc1cnnn1-c1ccc(Cl)c(Cl)c1)c1ccccc12. The van der Waals surface area contributed by atoms with Crippen LogP contribution in [0.4, 0.5) is 5.69 Å². The molecule has 0 radical (unpaired) electrons. The second-order valence-electron chi connectivity index (χ2n) is 11.5. The number of amides is 1. The molecule has 4 heterocycles. The highest BCUT2D eigenvalue weighted by molar-refractivity contribution is 6.42. The predicted molar refractivity (Wildman–Crippen MR) is 182 cm³/mol. The molecule has 2 aliphatic rings. The lowest BCUT2D eigenvalue weighted by molar-refractivity contribution is -0.121. The molecule has 0 bridgehead atoms. The van der Waals surface area contributed by atoms with Gasteiger partial charge in [-0.1, -0.05) is 83.0 Å². The maximum atomic E-state index is 15.4. The Morgan fingerprint density at radius 1 is 0.875 bits per heavy atom. The molecule has 2 N–H and O–H groups in total. The molecule has 0 fully saturated rings. The molecule has 0 aliphatic carbocycles. The molecule has 5 aromatic carbocycles. The third-order valence-corrected chi connectivity index (χ3v) is 9.77. The molecular weight excluding hydrogens is 647 g/mol. The van der Waals surface area contributed by atoms with Gasteiger partial charge >= 0.3 is 0 Å². The van der Waals surface area contributed by atoms with Crippen molar-refractivity contribution in [2.75, 3.05) is 4.90 Å². The Kier molecular flexibility index (Phi) is 6.02. The van der Waals surface area contributed by atoms with E-state index in [1.807, 2.05) is 72.8 Å². The molecule has 1 unspecified atom stereocenters. The van der Waals surface area contributed by atoms with Crippen molar-refractivity contribution in [1.29, 1.82) is 5.26 Å². The zero-order valence-corrected chi connectivity index (χ0v) is 26.2. The van der Waals surface area contributed by atoms with Crippen molar-refractivity contribution in [3.8, 4) is 17.5 Å². The van der Waals surface area contributed by atoms with Crippen molar-refractivity contribution >= 4 is 67.6 Å². The lowest BCUT2D eigenvalue weighted by Gasteiger charge is -2.35. The maximum absolute atomic E-state index is 15.4. The van der Waals surface area contributed by atoms with Crippen molar-refractivity contribution in [3.63, 3.8) is 0 Å². The molecule has 48 heavy (non-hydrogen) atoms. The van der Waals surface area contributed by atoms with E-state index in [1.54, 1.807) is 34.0 Å². The summed E-state index contributed by atoms with van der Waals surface area (Å²) in [5.41, 5.74) is 9.98. The number of hydrogen-bond donors (Lipinski definition) is 1. The van der Waals surface area contributed by atoms with Crippen LogP contribution in [-0.2, 0) is 16.8 Å². The summed E-state index contributed by atoms with van der Waals surface area (Å²) in [5, 5.41) is 21.4. The number of carbonyl (C=O) groups excluding carboxylic acids is 1. The van der Waals surface area contributed by atoms with E-state index >= 15 is 4.79 Å². The van der Waals surface area contributed by atoms with Gasteiger partial charge in [-0.25, -0.2) is 14.6 Å². The Morgan fingerprint density at radius 3 is 2.35 bits per heavy atom. The summed E-state index contributed by atoms with van der Waals surface area (Å²) < 4.78 is 7.90. The number of para-hydroxylation sites is 3. The summed E-state index contributed by atoms with van der Waals surface area (Å²) >= 11 is 12.5. The van der Waals surface area contributed by atoms with Gasteiger partial charge in [0.05, 0.1) is 56.2 Å². The Morgan fingerprint density at radius 2 is 1.58 bits per heavy atom. The lowest BCUT2D eigenvalue weighted by Crippen LogP contribution is -2.46. The standard InChI is InChI=1S/C36H20Cl2N8O2/c37-25-14-13-19(15-26(25)38)46-20(17-41-44-46)18-45-29-12-6-3-9-23(29)36(35(45)47)24(16-39)34(40)48-33-22-8-2-1-7-21(22)31-32(30(33)36)43-28-11-5-4-10-27(28)42-31/h1-15,17H,18,40H2. The summed E-state index contributed by atoms with van der Waals surface area (Å²) in [7, 11) is 0. The van der Waals surface area contributed by atoms with E-state index in [0.29, 0.717) is 71.4 Å². The summed E-state index contributed by atoms with van der Waals surface area (Å²) in [4.78, 5) is 27.2. The van der Waals surface area contributed by atoms with Crippen molar-refractivity contribution in [2.24, 2.45) is 5.73 Å². The number of hydrogen-bond acceptors (Lipinski definition) is 8. The Hall–Kier alpha value is -6.02. The number of fused-ring (bicyclic) bond motifs is 10. The number of anilines is 1. The van der Waals surface area contributed by atoms with E-state index in [0.717, 1.165) is 5.39 Å². The zero-order chi connectivity index (χ0) is 32.7. The number of nitrogens with two attached hydrogens (primary N) is 1. The van der Waals surface area contributed by atoms with Crippen LogP contribution in [0.15, 0.2) is 109 Å². The zero-order valence-electron chi connectivity index (χ0n) is 24.7. The third-order valence-electron chi connectivity index (χ3n) is 9.03. The first-order valence-electron chi connectivity index (χ1n) is 14.9. The molecule has 0 saturated carbocycles. The molecule has 2 aliphatic heterocycles. The normalized spacial score (nSPS) is 16.9. The van der Waals surface area contributed by atoms with Crippen molar-refractivity contribution in [2.45, 2.75) is 12.0 Å². The van der Waals surface area contributed by atoms with E-state index in [9.17, 15) is 5.26 Å². The van der Waals surface area contributed by atoms with E-state index in [1.165, 1.54) is 0 Å². The Balaban J connectivity index is 1.34. The summed E-state index contributed by atoms with van der Waals surface area (Å²) in [6.07, 6.45) is 1.58. The van der Waals surface area contributed by atoms with Crippen LogP contribution in [0.5, 0.6) is 5.75 Å². The second-order valence-corrected chi connectivity index (χ2v) is 12.3. The predicted octanol–water partition coefficient (Wildman–Crippen LogP) is 6.74. The van der Waals surface area contributed by atoms with Gasteiger partial charge in [0.1, 0.15) is 22.8 Å². The van der Waals surface area contributed by atoms with Crippen LogP contribution >= 0.6 is 23.2 Å². The van der Waals surface area contributed by atoms with Crippen molar-refractivity contribution in [1.82, 2.24) is 25.0 Å². The number of benzene rings is 5. The third kappa shape index (κ3) is 3.71. The van der Waals surface area contributed by atoms with Gasteiger partial charge in [0.2, 0.25) is 11.8 Å². The first-order chi connectivity index (χ1) is 23.4. The lowest BCUT2D eigenvalue weighted by atomic mass is 9.67. The van der Waals surface area contributed by atoms with Crippen LogP contribution in [0.2, 0.25) is 10.0 Å². The van der Waals surface area contributed by atoms with E-state index in [-0.39, 0.29) is 18.0 Å². The number of carbonyl (C=O) groups is 1. The van der Waals surface area contributed by atoms with E-state index < -0.39 is 11.3 Å². The largest absolute Gasteiger partial charge is 0.439 e. The number of aromatic nitrogens is 5. The van der Waals surface area contributed by atoms with Gasteiger partial charge < -0.3 is 15.4 Å². The highest BCUT2D eigenvalue weighted by atomic mass is 35.5. The molecule has 9 rings (SSSR count). The molecule has 0 saturated heterocycles. The molecule has 10 nitrogen and oxygen atoms in total. The molecule has 230 valence electrons. The molecule has 1 amide bonds. The van der Waals surface area contributed by atoms with Gasteiger partial charge in [0, 0.05) is 27.6 Å². The first-order valence-corrected chi connectivity index (χ1v) is 15.6. The van der Waals surface area contributed by atoms with Gasteiger partial charge in [-0.3, -0.25) is 4.79 Å². The number of nitrogens with zero attached hydrogens (tertiary/aromatic N) is 7. The second kappa shape index (κ2) is 10.2. The fourth-order valence-corrected chi connectivity index (χ4v) is 7.30. The molecule has 1 spiro atoms. The summed E-state index contributed by atoms with van der Waals surface area (Å²) in [6.45, 7) is 0.0553.